The predicted molar refractivity (Wildman–Crippen MR) is 111 cm³/mol. The van der Waals surface area contributed by atoms with E-state index in [0.717, 1.165) is 49.4 Å². The lowest BCUT2D eigenvalue weighted by molar-refractivity contribution is 0.102. The molecule has 4 heterocycles. The van der Waals surface area contributed by atoms with Crippen LogP contribution in [-0.4, -0.2) is 64.4 Å². The molecule has 0 radical (unpaired) electrons. The second-order valence-electron chi connectivity index (χ2n) is 7.53. The predicted octanol–water partition coefficient (Wildman–Crippen LogP) is 1.99. The molecule has 0 fully saturated rings. The molecule has 2 aliphatic rings. The third kappa shape index (κ3) is 3.46. The molecule has 0 saturated carbocycles. The largest absolute Gasteiger partial charge is 0.492 e. The molecular weight excluding hydrogens is 384 g/mol. The first kappa shape index (κ1) is 18.8. The smallest absolute Gasteiger partial charge is 0.259 e. The van der Waals surface area contributed by atoms with Crippen molar-refractivity contribution in [1.29, 1.82) is 0 Å². The minimum atomic E-state index is -0.224. The Hall–Kier alpha value is -3.17. The number of para-hydroxylation sites is 1. The van der Waals surface area contributed by atoms with Crippen LogP contribution in [-0.2, 0) is 24.1 Å². The van der Waals surface area contributed by atoms with Crippen molar-refractivity contribution < 1.29 is 14.3 Å². The molecule has 1 aromatic carbocycles. The van der Waals surface area contributed by atoms with Gasteiger partial charge in [-0.3, -0.25) is 14.8 Å². The van der Waals surface area contributed by atoms with Crippen LogP contribution in [0.2, 0.25) is 0 Å². The number of hydrogen-bond donors (Lipinski definition) is 3. The molecule has 9 heteroatoms. The van der Waals surface area contributed by atoms with Gasteiger partial charge in [0, 0.05) is 39.6 Å². The van der Waals surface area contributed by atoms with E-state index in [1.165, 1.54) is 0 Å². The van der Waals surface area contributed by atoms with Crippen molar-refractivity contribution in [2.24, 2.45) is 0 Å². The molecule has 0 spiro atoms. The maximum atomic E-state index is 12.9. The van der Waals surface area contributed by atoms with Crippen molar-refractivity contribution in [3.05, 3.63) is 46.9 Å². The number of anilines is 1. The van der Waals surface area contributed by atoms with Gasteiger partial charge in [0.2, 0.25) is 0 Å². The second kappa shape index (κ2) is 7.92. The maximum absolute atomic E-state index is 12.9. The number of nitrogens with zero attached hydrogens (tertiary/aromatic N) is 3. The zero-order valence-corrected chi connectivity index (χ0v) is 16.8. The van der Waals surface area contributed by atoms with Gasteiger partial charge in [-0.05, 0) is 11.6 Å². The highest BCUT2D eigenvalue weighted by Crippen LogP contribution is 2.31. The van der Waals surface area contributed by atoms with Crippen molar-refractivity contribution in [3.63, 3.8) is 0 Å². The van der Waals surface area contributed by atoms with E-state index >= 15 is 0 Å². The van der Waals surface area contributed by atoms with Gasteiger partial charge in [0.15, 0.2) is 5.82 Å². The van der Waals surface area contributed by atoms with Gasteiger partial charge in [0.05, 0.1) is 42.0 Å². The summed E-state index contributed by atoms with van der Waals surface area (Å²) in [5.41, 5.74) is 4.98. The van der Waals surface area contributed by atoms with Crippen molar-refractivity contribution in [3.8, 4) is 17.3 Å². The van der Waals surface area contributed by atoms with Gasteiger partial charge in [-0.25, -0.2) is 4.98 Å². The first-order valence-corrected chi connectivity index (χ1v) is 10.1. The molecule has 2 aromatic heterocycles. The average molecular weight is 408 g/mol. The van der Waals surface area contributed by atoms with Crippen LogP contribution >= 0.6 is 0 Å². The van der Waals surface area contributed by atoms with Gasteiger partial charge >= 0.3 is 0 Å². The number of aromatic nitrogens is 4. The number of H-pyrrole nitrogens is 2. The van der Waals surface area contributed by atoms with E-state index in [-0.39, 0.29) is 5.91 Å². The zero-order valence-electron chi connectivity index (χ0n) is 16.8. The third-order valence-electron chi connectivity index (χ3n) is 5.61. The number of methoxy groups -OCH3 is 1. The number of carbonyl (C=O) groups excluding carboxylic acids is 1. The first-order valence-electron chi connectivity index (χ1n) is 10.1. The summed E-state index contributed by atoms with van der Waals surface area (Å²) in [5.74, 6) is 1.12. The fourth-order valence-corrected chi connectivity index (χ4v) is 4.02. The molecular formula is C21H24N6O3. The SMILES string of the molecule is COCCN1CCc2nc(-c3[nH]ncc3NC(=O)c3cccc4c3OCC4)[nH]c2C1. The van der Waals surface area contributed by atoms with E-state index < -0.39 is 0 Å². The van der Waals surface area contributed by atoms with E-state index in [1.54, 1.807) is 19.4 Å². The van der Waals surface area contributed by atoms with Crippen LogP contribution < -0.4 is 10.1 Å². The number of hydrogen-bond acceptors (Lipinski definition) is 6. The Morgan fingerprint density at radius 3 is 3.20 bits per heavy atom. The maximum Gasteiger partial charge on any atom is 0.259 e. The Morgan fingerprint density at radius 2 is 2.30 bits per heavy atom. The summed E-state index contributed by atoms with van der Waals surface area (Å²) in [6.07, 6.45) is 3.30. The van der Waals surface area contributed by atoms with Gasteiger partial charge in [-0.2, -0.15) is 5.10 Å². The van der Waals surface area contributed by atoms with E-state index in [4.69, 9.17) is 14.5 Å². The summed E-state index contributed by atoms with van der Waals surface area (Å²) < 4.78 is 10.8. The number of carbonyl (C=O) groups is 1. The molecule has 9 nitrogen and oxygen atoms in total. The molecule has 0 bridgehead atoms. The highest BCUT2D eigenvalue weighted by atomic mass is 16.5. The minimum Gasteiger partial charge on any atom is -0.492 e. The Balaban J connectivity index is 1.36. The van der Waals surface area contributed by atoms with Crippen molar-refractivity contribution in [2.45, 2.75) is 19.4 Å². The van der Waals surface area contributed by atoms with Gasteiger partial charge in [0.25, 0.3) is 5.91 Å². The van der Waals surface area contributed by atoms with Gasteiger partial charge in [-0.1, -0.05) is 12.1 Å². The fourth-order valence-electron chi connectivity index (χ4n) is 4.02. The summed E-state index contributed by atoms with van der Waals surface area (Å²) >= 11 is 0. The molecule has 0 aliphatic carbocycles. The standard InChI is InChI=1S/C21H24N6O3/c1-29-10-8-27-7-5-15-17(12-27)24-20(23-15)18-16(11-22-26-18)25-21(28)14-4-2-3-13-6-9-30-19(13)14/h2-4,11H,5-10,12H2,1H3,(H,22,26)(H,23,24)(H,25,28). The van der Waals surface area contributed by atoms with Crippen LogP contribution in [0.25, 0.3) is 11.5 Å². The molecule has 2 aliphatic heterocycles. The fraction of sp³-hybridized carbons (Fsp3) is 0.381. The van der Waals surface area contributed by atoms with Crippen LogP contribution in [0.15, 0.2) is 24.4 Å². The van der Waals surface area contributed by atoms with Crippen molar-refractivity contribution >= 4 is 11.6 Å². The lowest BCUT2D eigenvalue weighted by Crippen LogP contribution is -2.33. The van der Waals surface area contributed by atoms with Crippen LogP contribution in [0.4, 0.5) is 5.69 Å². The number of aromatic amines is 2. The van der Waals surface area contributed by atoms with E-state index in [0.29, 0.717) is 41.7 Å². The van der Waals surface area contributed by atoms with Crippen LogP contribution in [0.5, 0.6) is 5.75 Å². The molecule has 0 unspecified atom stereocenters. The summed E-state index contributed by atoms with van der Waals surface area (Å²) in [6, 6.07) is 5.65. The number of rotatable bonds is 6. The van der Waals surface area contributed by atoms with Crippen LogP contribution in [0.3, 0.4) is 0 Å². The molecule has 0 atom stereocenters. The third-order valence-corrected chi connectivity index (χ3v) is 5.61. The van der Waals surface area contributed by atoms with E-state index in [1.807, 2.05) is 12.1 Å². The summed E-state index contributed by atoms with van der Waals surface area (Å²) in [5, 5.41) is 10.0. The zero-order chi connectivity index (χ0) is 20.5. The van der Waals surface area contributed by atoms with E-state index in [9.17, 15) is 4.79 Å². The number of nitrogens with one attached hydrogen (secondary N) is 3. The number of benzene rings is 1. The van der Waals surface area contributed by atoms with Crippen molar-refractivity contribution in [2.75, 3.05) is 38.7 Å². The number of ether oxygens (including phenoxy) is 2. The Morgan fingerprint density at radius 1 is 1.37 bits per heavy atom. The highest BCUT2D eigenvalue weighted by molar-refractivity contribution is 6.07. The van der Waals surface area contributed by atoms with Gasteiger partial charge in [-0.15, -0.1) is 0 Å². The quantitative estimate of drug-likeness (QED) is 0.576. The molecule has 0 saturated heterocycles. The Labute approximate surface area is 173 Å². The first-order chi connectivity index (χ1) is 14.7. The molecule has 3 aromatic rings. The number of fused-ring (bicyclic) bond motifs is 2. The molecule has 30 heavy (non-hydrogen) atoms. The molecule has 5 rings (SSSR count). The normalized spacial score (nSPS) is 15.5. The number of amides is 1. The summed E-state index contributed by atoms with van der Waals surface area (Å²) in [4.78, 5) is 23.4. The lowest BCUT2D eigenvalue weighted by atomic mass is 10.1. The van der Waals surface area contributed by atoms with E-state index in [2.05, 4.69) is 25.4 Å². The highest BCUT2D eigenvalue weighted by Gasteiger charge is 2.24. The lowest BCUT2D eigenvalue weighted by Gasteiger charge is -2.25. The van der Waals surface area contributed by atoms with Crippen molar-refractivity contribution in [1.82, 2.24) is 25.1 Å². The minimum absolute atomic E-state index is 0.224. The Bertz CT molecular complexity index is 1070. The van der Waals surface area contributed by atoms with Crippen LogP contribution in [0.1, 0.15) is 27.3 Å². The van der Waals surface area contributed by atoms with Gasteiger partial charge < -0.3 is 19.8 Å². The number of imidazole rings is 1. The Kier molecular flexibility index (Phi) is 4.97. The monoisotopic (exact) mass is 408 g/mol. The summed E-state index contributed by atoms with van der Waals surface area (Å²) in [7, 11) is 1.72. The van der Waals surface area contributed by atoms with Gasteiger partial charge in [0.1, 0.15) is 11.4 Å². The average Bonchev–Trinajstić information content (AvgIpc) is 3.49. The summed E-state index contributed by atoms with van der Waals surface area (Å²) in [6.45, 7) is 3.95. The molecule has 3 N–H and O–H groups in total. The second-order valence-corrected chi connectivity index (χ2v) is 7.53. The molecule has 1 amide bonds. The molecule has 156 valence electrons. The van der Waals surface area contributed by atoms with Crippen LogP contribution in [0, 0.1) is 0 Å². The topological polar surface area (TPSA) is 108 Å².